The molecule has 114 valence electrons. The highest BCUT2D eigenvalue weighted by atomic mass is 15.1. The smallest absolute Gasteiger partial charge is 0.193 e. The van der Waals surface area contributed by atoms with Crippen molar-refractivity contribution >= 4 is 11.6 Å². The van der Waals surface area contributed by atoms with Crippen LogP contribution in [-0.4, -0.2) is 12.0 Å². The van der Waals surface area contributed by atoms with Gasteiger partial charge >= 0.3 is 0 Å². The van der Waals surface area contributed by atoms with Gasteiger partial charge in [0.25, 0.3) is 0 Å². The van der Waals surface area contributed by atoms with Crippen LogP contribution < -0.4 is 11.1 Å². The number of rotatable bonds is 4. The van der Waals surface area contributed by atoms with E-state index in [4.69, 9.17) is 5.73 Å². The van der Waals surface area contributed by atoms with Gasteiger partial charge in [-0.25, -0.2) is 4.99 Å². The summed E-state index contributed by atoms with van der Waals surface area (Å²) < 4.78 is 0. The lowest BCUT2D eigenvalue weighted by atomic mass is 10.0. The number of guanidine groups is 1. The lowest BCUT2D eigenvalue weighted by molar-refractivity contribution is 0.975. The second-order valence-electron chi connectivity index (χ2n) is 5.96. The normalized spacial score (nSPS) is 20.7. The molecule has 0 aromatic heterocycles. The summed E-state index contributed by atoms with van der Waals surface area (Å²) in [5, 5.41) is 3.18. The average molecular weight is 293 g/mol. The molecule has 2 aromatic rings. The van der Waals surface area contributed by atoms with Crippen LogP contribution in [0.3, 0.4) is 0 Å². The van der Waals surface area contributed by atoms with Crippen molar-refractivity contribution in [1.82, 2.24) is 0 Å². The maximum absolute atomic E-state index is 6.03. The number of aliphatic imine (C=N–C) groups is 1. The summed E-state index contributed by atoms with van der Waals surface area (Å²) in [6, 6.07) is 17.2. The number of benzene rings is 2. The van der Waals surface area contributed by atoms with Crippen LogP contribution >= 0.6 is 0 Å². The minimum absolute atomic E-state index is 0.309. The molecule has 3 heteroatoms. The van der Waals surface area contributed by atoms with Crippen LogP contribution in [0, 0.1) is 6.92 Å². The number of aryl methyl sites for hydroxylation is 2. The second-order valence-corrected chi connectivity index (χ2v) is 5.96. The SMILES string of the molecule is CCc1ccc(NC(N)=NC2CC2c2ccccc2C)cc1. The molecule has 2 atom stereocenters. The van der Waals surface area contributed by atoms with Gasteiger partial charge in [-0.2, -0.15) is 0 Å². The molecule has 2 aromatic carbocycles. The fourth-order valence-electron chi connectivity index (χ4n) is 2.84. The summed E-state index contributed by atoms with van der Waals surface area (Å²) >= 11 is 0. The van der Waals surface area contributed by atoms with Crippen molar-refractivity contribution in [3.05, 3.63) is 65.2 Å². The van der Waals surface area contributed by atoms with Gasteiger partial charge in [0.1, 0.15) is 0 Å². The van der Waals surface area contributed by atoms with E-state index in [1.54, 1.807) is 0 Å². The summed E-state index contributed by atoms with van der Waals surface area (Å²) in [5.74, 6) is 1.02. The van der Waals surface area contributed by atoms with Crippen molar-refractivity contribution in [1.29, 1.82) is 0 Å². The summed E-state index contributed by atoms with van der Waals surface area (Å²) in [4.78, 5) is 4.61. The van der Waals surface area contributed by atoms with Crippen LogP contribution in [0.5, 0.6) is 0 Å². The van der Waals surface area contributed by atoms with Crippen LogP contribution in [-0.2, 0) is 6.42 Å². The van der Waals surface area contributed by atoms with E-state index in [2.05, 4.69) is 60.6 Å². The number of nitrogens with one attached hydrogen (secondary N) is 1. The predicted molar refractivity (Wildman–Crippen MR) is 93.4 cm³/mol. The van der Waals surface area contributed by atoms with Gasteiger partial charge in [0.2, 0.25) is 0 Å². The maximum atomic E-state index is 6.03. The van der Waals surface area contributed by atoms with Crippen molar-refractivity contribution < 1.29 is 0 Å². The summed E-state index contributed by atoms with van der Waals surface area (Å²) in [5.41, 5.74) is 11.1. The first-order chi connectivity index (χ1) is 10.7. The molecule has 0 radical (unpaired) electrons. The first-order valence-electron chi connectivity index (χ1n) is 7.92. The van der Waals surface area contributed by atoms with Crippen molar-refractivity contribution in [2.75, 3.05) is 5.32 Å². The molecule has 1 aliphatic carbocycles. The van der Waals surface area contributed by atoms with E-state index >= 15 is 0 Å². The van der Waals surface area contributed by atoms with Gasteiger partial charge in [0.15, 0.2) is 5.96 Å². The minimum atomic E-state index is 0.309. The maximum Gasteiger partial charge on any atom is 0.193 e. The molecule has 3 nitrogen and oxygen atoms in total. The van der Waals surface area contributed by atoms with E-state index in [1.807, 2.05) is 12.1 Å². The van der Waals surface area contributed by atoms with E-state index in [-0.39, 0.29) is 0 Å². The summed E-state index contributed by atoms with van der Waals surface area (Å²) in [6.07, 6.45) is 2.13. The van der Waals surface area contributed by atoms with E-state index in [9.17, 15) is 0 Å². The molecule has 0 saturated heterocycles. The monoisotopic (exact) mass is 293 g/mol. The molecule has 0 heterocycles. The standard InChI is InChI=1S/C19H23N3/c1-3-14-8-10-15(11-9-14)21-19(20)22-18-12-17(18)16-7-5-4-6-13(16)2/h4-11,17-18H,3,12H2,1-2H3,(H3,20,21,22). The number of hydrogen-bond donors (Lipinski definition) is 2. The fourth-order valence-corrected chi connectivity index (χ4v) is 2.84. The van der Waals surface area contributed by atoms with Crippen molar-refractivity contribution in [2.24, 2.45) is 10.7 Å². The molecule has 0 aliphatic heterocycles. The van der Waals surface area contributed by atoms with Gasteiger partial charge in [0, 0.05) is 11.6 Å². The Hall–Kier alpha value is -2.29. The van der Waals surface area contributed by atoms with E-state index in [0.717, 1.165) is 18.5 Å². The Labute approximate surface area is 132 Å². The third kappa shape index (κ3) is 3.30. The number of anilines is 1. The molecule has 3 rings (SSSR count). The quantitative estimate of drug-likeness (QED) is 0.664. The molecular formula is C19H23N3. The van der Waals surface area contributed by atoms with Crippen LogP contribution in [0.2, 0.25) is 0 Å². The predicted octanol–water partition coefficient (Wildman–Crippen LogP) is 3.84. The zero-order valence-corrected chi connectivity index (χ0v) is 13.2. The number of nitrogens with zero attached hydrogens (tertiary/aromatic N) is 1. The van der Waals surface area contributed by atoms with E-state index in [0.29, 0.717) is 17.9 Å². The topological polar surface area (TPSA) is 50.4 Å². The third-order valence-corrected chi connectivity index (χ3v) is 4.28. The zero-order chi connectivity index (χ0) is 15.5. The highest BCUT2D eigenvalue weighted by Crippen LogP contribution is 2.44. The summed E-state index contributed by atoms with van der Waals surface area (Å²) in [7, 11) is 0. The molecule has 3 N–H and O–H groups in total. The third-order valence-electron chi connectivity index (χ3n) is 4.28. The molecule has 1 saturated carbocycles. The molecule has 1 fully saturated rings. The van der Waals surface area contributed by atoms with Crippen LogP contribution in [0.1, 0.15) is 36.0 Å². The van der Waals surface area contributed by atoms with Crippen LogP contribution in [0.25, 0.3) is 0 Å². The molecule has 0 bridgehead atoms. The largest absolute Gasteiger partial charge is 0.370 e. The first-order valence-corrected chi connectivity index (χ1v) is 7.92. The first kappa shape index (κ1) is 14.6. The molecular weight excluding hydrogens is 270 g/mol. The van der Waals surface area contributed by atoms with Crippen molar-refractivity contribution in [3.8, 4) is 0 Å². The van der Waals surface area contributed by atoms with Gasteiger partial charge < -0.3 is 11.1 Å². The lowest BCUT2D eigenvalue weighted by Crippen LogP contribution is -2.23. The Morgan fingerprint density at radius 3 is 2.59 bits per heavy atom. The molecule has 0 spiro atoms. The van der Waals surface area contributed by atoms with E-state index in [1.165, 1.54) is 16.7 Å². The Morgan fingerprint density at radius 2 is 1.91 bits per heavy atom. The highest BCUT2D eigenvalue weighted by Gasteiger charge is 2.39. The summed E-state index contributed by atoms with van der Waals surface area (Å²) in [6.45, 7) is 4.31. The Bertz CT molecular complexity index is 673. The molecule has 22 heavy (non-hydrogen) atoms. The number of hydrogen-bond acceptors (Lipinski definition) is 1. The van der Waals surface area contributed by atoms with Gasteiger partial charge in [-0.1, -0.05) is 43.3 Å². The van der Waals surface area contributed by atoms with Crippen LogP contribution in [0.4, 0.5) is 5.69 Å². The van der Waals surface area contributed by atoms with E-state index < -0.39 is 0 Å². The Morgan fingerprint density at radius 1 is 1.18 bits per heavy atom. The second kappa shape index (κ2) is 6.22. The van der Waals surface area contributed by atoms with Crippen molar-refractivity contribution in [3.63, 3.8) is 0 Å². The van der Waals surface area contributed by atoms with Gasteiger partial charge in [-0.05, 0) is 48.6 Å². The highest BCUT2D eigenvalue weighted by molar-refractivity contribution is 5.92. The number of nitrogens with two attached hydrogens (primary N) is 1. The fraction of sp³-hybridized carbons (Fsp3) is 0.316. The minimum Gasteiger partial charge on any atom is -0.370 e. The van der Waals surface area contributed by atoms with Crippen LogP contribution in [0.15, 0.2) is 53.5 Å². The van der Waals surface area contributed by atoms with Gasteiger partial charge in [0.05, 0.1) is 6.04 Å². The van der Waals surface area contributed by atoms with Gasteiger partial charge in [-0.3, -0.25) is 0 Å². The Kier molecular flexibility index (Phi) is 4.14. The molecule has 1 aliphatic rings. The molecule has 0 amide bonds. The molecule has 2 unspecified atom stereocenters. The Balaban J connectivity index is 1.62. The zero-order valence-electron chi connectivity index (χ0n) is 13.2. The average Bonchev–Trinajstić information content (AvgIpc) is 3.27. The lowest BCUT2D eigenvalue weighted by Gasteiger charge is -2.07. The van der Waals surface area contributed by atoms with Crippen molar-refractivity contribution in [2.45, 2.75) is 38.6 Å². The van der Waals surface area contributed by atoms with Gasteiger partial charge in [-0.15, -0.1) is 0 Å².